The highest BCUT2D eigenvalue weighted by atomic mass is 15.2. The van der Waals surface area contributed by atoms with Crippen LogP contribution in [0.4, 0.5) is 34.1 Å². The van der Waals surface area contributed by atoms with Gasteiger partial charge in [-0.3, -0.25) is 0 Å². The molecule has 0 amide bonds. The van der Waals surface area contributed by atoms with Crippen molar-refractivity contribution in [2.45, 2.75) is 34.6 Å². The lowest BCUT2D eigenvalue weighted by Gasteiger charge is -2.28. The van der Waals surface area contributed by atoms with E-state index in [1.807, 2.05) is 58.9 Å². The van der Waals surface area contributed by atoms with Crippen LogP contribution in [0.2, 0.25) is 0 Å². The van der Waals surface area contributed by atoms with E-state index in [0.717, 1.165) is 45.3 Å². The molecular weight excluding hydrogens is 520 g/mol. The first-order valence-electron chi connectivity index (χ1n) is 15.0. The number of benzene rings is 5. The molecule has 0 aliphatic heterocycles. The van der Waals surface area contributed by atoms with Gasteiger partial charge >= 0.3 is 0 Å². The summed E-state index contributed by atoms with van der Waals surface area (Å²) in [5.74, 6) is 0. The van der Waals surface area contributed by atoms with Gasteiger partial charge in [0.15, 0.2) is 0 Å². The number of rotatable bonds is 8. The third-order valence-electron chi connectivity index (χ3n) is 6.12. The van der Waals surface area contributed by atoms with Crippen LogP contribution >= 0.6 is 0 Å². The molecule has 2 nitrogen and oxygen atoms in total. The fourth-order valence-corrected chi connectivity index (χ4v) is 4.38. The fourth-order valence-electron chi connectivity index (χ4n) is 4.38. The van der Waals surface area contributed by atoms with Crippen LogP contribution in [-0.2, 0) is 0 Å². The van der Waals surface area contributed by atoms with Crippen LogP contribution in [0.3, 0.4) is 0 Å². The molecule has 0 fully saturated rings. The van der Waals surface area contributed by atoms with Crippen molar-refractivity contribution in [2.24, 2.45) is 0 Å². The Balaban J connectivity index is 0.000000853. The number of hydrogen-bond donors (Lipinski definition) is 0. The minimum absolute atomic E-state index is 1.08. The van der Waals surface area contributed by atoms with Crippen molar-refractivity contribution in [3.05, 3.63) is 170 Å². The number of allylic oxidation sites excluding steroid dienone is 1. The molecule has 0 radical (unpaired) electrons. The molecule has 2 heteroatoms. The predicted molar refractivity (Wildman–Crippen MR) is 195 cm³/mol. The first-order chi connectivity index (χ1) is 21.2. The Morgan fingerprint density at radius 3 is 0.977 bits per heavy atom. The van der Waals surface area contributed by atoms with Crippen LogP contribution in [0.1, 0.15) is 45.7 Å². The molecule has 5 aromatic carbocycles. The number of anilines is 6. The average molecular weight is 567 g/mol. The van der Waals surface area contributed by atoms with Gasteiger partial charge in [0, 0.05) is 34.1 Å². The van der Waals surface area contributed by atoms with E-state index in [1.165, 1.54) is 0 Å². The van der Waals surface area contributed by atoms with Crippen molar-refractivity contribution >= 4 is 46.3 Å². The zero-order chi connectivity index (χ0) is 31.5. The van der Waals surface area contributed by atoms with Gasteiger partial charge in [0.05, 0.1) is 0 Å². The molecule has 220 valence electrons. The molecule has 43 heavy (non-hydrogen) atoms. The van der Waals surface area contributed by atoms with Crippen molar-refractivity contribution in [1.29, 1.82) is 0 Å². The van der Waals surface area contributed by atoms with Crippen molar-refractivity contribution in [1.82, 2.24) is 0 Å². The number of hydrogen-bond acceptors (Lipinski definition) is 2. The van der Waals surface area contributed by atoms with Gasteiger partial charge in [-0.2, -0.15) is 0 Å². The van der Waals surface area contributed by atoms with Gasteiger partial charge in [-0.05, 0) is 90.8 Å². The second-order valence-corrected chi connectivity index (χ2v) is 8.86. The number of nitrogens with zero attached hydrogens (tertiary/aromatic N) is 2. The van der Waals surface area contributed by atoms with Crippen molar-refractivity contribution < 1.29 is 0 Å². The lowest BCUT2D eigenvalue weighted by molar-refractivity contribution is 1.25. The standard InChI is InChI=1S/C34H28N2.C3H6.2C2H6/c1-3-27-13-11-19-33(25-27)35(29-15-7-5-8-16-29)31-21-23-32(24-22-31)36(30-17-9-6-10-18-30)34-20-12-14-28(4-2)26-34;1-3-2;2*1-2/h3-26H,1-2H2;3H,1H2,2H3;2*1-2H3. The summed E-state index contributed by atoms with van der Waals surface area (Å²) >= 11 is 0. The summed E-state index contributed by atoms with van der Waals surface area (Å²) in [5, 5.41) is 0. The second-order valence-electron chi connectivity index (χ2n) is 8.86. The molecule has 5 aromatic rings. The molecule has 0 bridgehead atoms. The van der Waals surface area contributed by atoms with E-state index >= 15 is 0 Å². The molecule has 0 aliphatic rings. The Labute approximate surface area is 260 Å². The van der Waals surface area contributed by atoms with Gasteiger partial charge in [0.1, 0.15) is 0 Å². The zero-order valence-corrected chi connectivity index (χ0v) is 26.4. The van der Waals surface area contributed by atoms with E-state index in [-0.39, 0.29) is 0 Å². The quantitative estimate of drug-likeness (QED) is 0.172. The smallest absolute Gasteiger partial charge is 0.0467 e. The van der Waals surface area contributed by atoms with E-state index in [1.54, 1.807) is 6.08 Å². The van der Waals surface area contributed by atoms with Crippen LogP contribution in [-0.4, -0.2) is 0 Å². The van der Waals surface area contributed by atoms with Gasteiger partial charge in [0.25, 0.3) is 0 Å². The molecule has 0 aliphatic carbocycles. The van der Waals surface area contributed by atoms with Crippen LogP contribution in [0.25, 0.3) is 12.2 Å². The van der Waals surface area contributed by atoms with Crippen LogP contribution in [0.15, 0.2) is 159 Å². The molecule has 0 atom stereocenters. The normalized spacial score (nSPS) is 9.33. The van der Waals surface area contributed by atoms with Crippen molar-refractivity contribution in [3.63, 3.8) is 0 Å². The maximum Gasteiger partial charge on any atom is 0.0467 e. The predicted octanol–water partition coefficient (Wildman–Crippen LogP) is 13.2. The van der Waals surface area contributed by atoms with E-state index in [9.17, 15) is 0 Å². The Morgan fingerprint density at radius 1 is 0.395 bits per heavy atom. The molecule has 0 N–H and O–H groups in total. The van der Waals surface area contributed by atoms with E-state index in [2.05, 4.69) is 151 Å². The fraction of sp³-hybridized carbons (Fsp3) is 0.122. The topological polar surface area (TPSA) is 6.48 Å². The summed E-state index contributed by atoms with van der Waals surface area (Å²) in [6.45, 7) is 21.1. The Hall–Kier alpha value is -5.08. The summed E-state index contributed by atoms with van der Waals surface area (Å²) in [6, 6.07) is 46.4. The first-order valence-corrected chi connectivity index (χ1v) is 15.0. The van der Waals surface area contributed by atoms with Crippen molar-refractivity contribution in [2.75, 3.05) is 9.80 Å². The van der Waals surface area contributed by atoms with Gasteiger partial charge in [-0.1, -0.05) is 120 Å². The summed E-state index contributed by atoms with van der Waals surface area (Å²) in [7, 11) is 0. The molecule has 0 unspecified atom stereocenters. The minimum atomic E-state index is 1.08. The summed E-state index contributed by atoms with van der Waals surface area (Å²) in [6.07, 6.45) is 5.51. The van der Waals surface area contributed by atoms with Gasteiger partial charge in [-0.25, -0.2) is 0 Å². The second kappa shape index (κ2) is 19.1. The highest BCUT2D eigenvalue weighted by Gasteiger charge is 2.16. The first kappa shape index (κ1) is 34.1. The van der Waals surface area contributed by atoms with Gasteiger partial charge < -0.3 is 9.80 Å². The van der Waals surface area contributed by atoms with Crippen LogP contribution in [0.5, 0.6) is 0 Å². The highest BCUT2D eigenvalue weighted by molar-refractivity contribution is 5.82. The molecule has 0 aromatic heterocycles. The van der Waals surface area contributed by atoms with E-state index in [0.29, 0.717) is 0 Å². The Kier molecular flexibility index (Phi) is 15.2. The monoisotopic (exact) mass is 566 g/mol. The van der Waals surface area contributed by atoms with Crippen LogP contribution < -0.4 is 9.80 Å². The molecular formula is C41H46N2. The van der Waals surface area contributed by atoms with E-state index < -0.39 is 0 Å². The molecule has 0 saturated heterocycles. The average Bonchev–Trinajstić information content (AvgIpc) is 3.09. The van der Waals surface area contributed by atoms with Gasteiger partial charge in [0.2, 0.25) is 0 Å². The largest absolute Gasteiger partial charge is 0.310 e. The van der Waals surface area contributed by atoms with Gasteiger partial charge in [-0.15, -0.1) is 6.58 Å². The third-order valence-corrected chi connectivity index (χ3v) is 6.12. The summed E-state index contributed by atoms with van der Waals surface area (Å²) in [5.41, 5.74) is 8.72. The Bertz CT molecular complexity index is 1390. The Morgan fingerprint density at radius 2 is 0.674 bits per heavy atom. The lowest BCUT2D eigenvalue weighted by Crippen LogP contribution is -2.12. The SMILES string of the molecule is C=CC.C=Cc1cccc(N(c2ccccc2)c2ccc(N(c3ccccc3)c3cccc(C=C)c3)cc2)c1.CC.CC. The maximum atomic E-state index is 3.95. The van der Waals surface area contributed by atoms with Crippen molar-refractivity contribution in [3.8, 4) is 0 Å². The molecule has 0 heterocycles. The highest BCUT2D eigenvalue weighted by Crippen LogP contribution is 2.39. The third kappa shape index (κ3) is 9.48. The molecule has 0 saturated carbocycles. The zero-order valence-electron chi connectivity index (χ0n) is 26.4. The molecule has 5 rings (SSSR count). The molecule has 0 spiro atoms. The van der Waals surface area contributed by atoms with Crippen LogP contribution in [0, 0.1) is 0 Å². The lowest BCUT2D eigenvalue weighted by atomic mass is 10.1. The number of para-hydroxylation sites is 2. The van der Waals surface area contributed by atoms with E-state index in [4.69, 9.17) is 0 Å². The maximum absolute atomic E-state index is 3.95. The summed E-state index contributed by atoms with van der Waals surface area (Å²) in [4.78, 5) is 4.53. The minimum Gasteiger partial charge on any atom is -0.310 e. The summed E-state index contributed by atoms with van der Waals surface area (Å²) < 4.78 is 0.